The lowest BCUT2D eigenvalue weighted by molar-refractivity contribution is 0.0151. The first kappa shape index (κ1) is 17.3. The molecule has 1 aliphatic heterocycles. The van der Waals surface area contributed by atoms with Crippen LogP contribution in [0.2, 0.25) is 0 Å². The molecule has 1 aliphatic carbocycles. The SMILES string of the molecule is CCCC1CCCC(CN)(N2CCC(C)(CC)CC2)CC1. The van der Waals surface area contributed by atoms with Crippen molar-refractivity contribution >= 4 is 0 Å². The van der Waals surface area contributed by atoms with Gasteiger partial charge in [0.2, 0.25) is 0 Å². The zero-order valence-electron chi connectivity index (χ0n) is 14.8. The molecule has 0 aromatic heterocycles. The minimum absolute atomic E-state index is 0.331. The Bertz CT molecular complexity index is 307. The van der Waals surface area contributed by atoms with Crippen LogP contribution in [0, 0.1) is 11.3 Å². The molecule has 0 radical (unpaired) electrons. The number of rotatable bonds is 5. The van der Waals surface area contributed by atoms with Gasteiger partial charge in [-0.2, -0.15) is 0 Å². The third-order valence-electron chi connectivity index (χ3n) is 6.84. The van der Waals surface area contributed by atoms with Gasteiger partial charge in [-0.3, -0.25) is 4.90 Å². The first-order valence-corrected chi connectivity index (χ1v) is 9.52. The summed E-state index contributed by atoms with van der Waals surface area (Å²) in [7, 11) is 0. The lowest BCUT2D eigenvalue weighted by atomic mass is 9.76. The topological polar surface area (TPSA) is 29.3 Å². The molecular weight excluding hydrogens is 256 g/mol. The predicted octanol–water partition coefficient (Wildman–Crippen LogP) is 4.58. The zero-order chi connectivity index (χ0) is 15.3. The Kier molecular flexibility index (Phi) is 6.14. The van der Waals surface area contributed by atoms with Crippen molar-refractivity contribution in [2.75, 3.05) is 19.6 Å². The highest BCUT2D eigenvalue weighted by molar-refractivity contribution is 4.97. The van der Waals surface area contributed by atoms with Crippen LogP contribution in [0.4, 0.5) is 0 Å². The van der Waals surface area contributed by atoms with E-state index >= 15 is 0 Å². The van der Waals surface area contributed by atoms with Crippen molar-refractivity contribution in [3.63, 3.8) is 0 Å². The van der Waals surface area contributed by atoms with Crippen LogP contribution in [0.1, 0.15) is 85.0 Å². The molecule has 2 aliphatic rings. The molecule has 21 heavy (non-hydrogen) atoms. The second kappa shape index (κ2) is 7.46. The lowest BCUT2D eigenvalue weighted by Gasteiger charge is -2.49. The van der Waals surface area contributed by atoms with Gasteiger partial charge >= 0.3 is 0 Å². The van der Waals surface area contributed by atoms with Crippen LogP contribution in [-0.2, 0) is 0 Å². The minimum atomic E-state index is 0.331. The summed E-state index contributed by atoms with van der Waals surface area (Å²) < 4.78 is 0. The van der Waals surface area contributed by atoms with Gasteiger partial charge in [-0.05, 0) is 56.5 Å². The monoisotopic (exact) mass is 294 g/mol. The van der Waals surface area contributed by atoms with E-state index in [1.54, 1.807) is 0 Å². The van der Waals surface area contributed by atoms with Crippen LogP contribution in [-0.4, -0.2) is 30.1 Å². The van der Waals surface area contributed by atoms with Crippen LogP contribution < -0.4 is 5.73 Å². The molecule has 2 N–H and O–H groups in total. The van der Waals surface area contributed by atoms with E-state index in [0.29, 0.717) is 11.0 Å². The van der Waals surface area contributed by atoms with Crippen molar-refractivity contribution in [2.45, 2.75) is 90.5 Å². The van der Waals surface area contributed by atoms with Gasteiger partial charge in [-0.1, -0.05) is 52.9 Å². The summed E-state index contributed by atoms with van der Waals surface area (Å²) in [5.74, 6) is 0.967. The van der Waals surface area contributed by atoms with Crippen LogP contribution in [0.3, 0.4) is 0 Å². The van der Waals surface area contributed by atoms with Gasteiger partial charge in [0.1, 0.15) is 0 Å². The largest absolute Gasteiger partial charge is 0.329 e. The summed E-state index contributed by atoms with van der Waals surface area (Å²) in [6.07, 6.45) is 13.8. The molecule has 2 atom stereocenters. The van der Waals surface area contributed by atoms with E-state index < -0.39 is 0 Å². The summed E-state index contributed by atoms with van der Waals surface area (Å²) in [5, 5.41) is 0. The van der Waals surface area contributed by atoms with Gasteiger partial charge in [0.05, 0.1) is 0 Å². The number of piperidine rings is 1. The maximum absolute atomic E-state index is 6.32. The summed E-state index contributed by atoms with van der Waals surface area (Å²) in [6, 6.07) is 0. The second-order valence-corrected chi connectivity index (χ2v) is 8.17. The first-order valence-electron chi connectivity index (χ1n) is 9.52. The quantitative estimate of drug-likeness (QED) is 0.752. The molecule has 0 aromatic rings. The molecule has 1 saturated heterocycles. The average Bonchev–Trinajstić information content (AvgIpc) is 2.72. The van der Waals surface area contributed by atoms with E-state index in [1.165, 1.54) is 77.3 Å². The Morgan fingerprint density at radius 3 is 2.33 bits per heavy atom. The lowest BCUT2D eigenvalue weighted by Crippen LogP contribution is -2.57. The van der Waals surface area contributed by atoms with Crippen molar-refractivity contribution in [1.82, 2.24) is 4.90 Å². The highest BCUT2D eigenvalue weighted by Crippen LogP contribution is 2.41. The molecule has 0 spiro atoms. The van der Waals surface area contributed by atoms with E-state index in [9.17, 15) is 0 Å². The maximum Gasteiger partial charge on any atom is 0.0331 e. The minimum Gasteiger partial charge on any atom is -0.329 e. The third kappa shape index (κ3) is 4.01. The Morgan fingerprint density at radius 1 is 1.05 bits per heavy atom. The molecule has 1 saturated carbocycles. The highest BCUT2D eigenvalue weighted by Gasteiger charge is 2.40. The van der Waals surface area contributed by atoms with Crippen LogP contribution >= 0.6 is 0 Å². The van der Waals surface area contributed by atoms with Crippen molar-refractivity contribution < 1.29 is 0 Å². The fraction of sp³-hybridized carbons (Fsp3) is 1.00. The van der Waals surface area contributed by atoms with Gasteiger partial charge in [0.15, 0.2) is 0 Å². The summed E-state index contributed by atoms with van der Waals surface area (Å²) in [6.45, 7) is 10.6. The Balaban J connectivity index is 1.98. The smallest absolute Gasteiger partial charge is 0.0331 e. The van der Waals surface area contributed by atoms with Crippen molar-refractivity contribution in [3.05, 3.63) is 0 Å². The fourth-order valence-electron chi connectivity index (χ4n) is 4.68. The predicted molar refractivity (Wildman–Crippen MR) is 92.5 cm³/mol. The molecule has 0 amide bonds. The molecule has 2 heteroatoms. The van der Waals surface area contributed by atoms with E-state index in [1.807, 2.05) is 0 Å². The van der Waals surface area contributed by atoms with Crippen LogP contribution in [0.15, 0.2) is 0 Å². The standard InChI is InChI=1S/C19H38N2/c1-4-7-17-8-6-10-19(16-20,11-9-17)21-14-12-18(3,5-2)13-15-21/h17H,4-16,20H2,1-3H3. The average molecular weight is 295 g/mol. The number of likely N-dealkylation sites (tertiary alicyclic amines) is 1. The van der Waals surface area contributed by atoms with E-state index in [2.05, 4.69) is 25.7 Å². The molecule has 2 nitrogen and oxygen atoms in total. The Labute approximate surface area is 132 Å². The van der Waals surface area contributed by atoms with Crippen LogP contribution in [0.5, 0.6) is 0 Å². The first-order chi connectivity index (χ1) is 10.1. The molecule has 124 valence electrons. The molecule has 2 rings (SSSR count). The maximum atomic E-state index is 6.32. The molecular formula is C19H38N2. The summed E-state index contributed by atoms with van der Waals surface area (Å²) in [5.41, 5.74) is 7.23. The number of hydrogen-bond donors (Lipinski definition) is 1. The van der Waals surface area contributed by atoms with Gasteiger partial charge < -0.3 is 5.73 Å². The number of nitrogens with two attached hydrogens (primary N) is 1. The van der Waals surface area contributed by atoms with Gasteiger partial charge in [-0.25, -0.2) is 0 Å². The van der Waals surface area contributed by atoms with E-state index in [-0.39, 0.29) is 0 Å². The van der Waals surface area contributed by atoms with Crippen molar-refractivity contribution in [2.24, 2.45) is 17.1 Å². The van der Waals surface area contributed by atoms with Crippen molar-refractivity contribution in [1.29, 1.82) is 0 Å². The summed E-state index contributed by atoms with van der Waals surface area (Å²) >= 11 is 0. The van der Waals surface area contributed by atoms with E-state index in [0.717, 1.165) is 12.5 Å². The van der Waals surface area contributed by atoms with Gasteiger partial charge in [0, 0.05) is 12.1 Å². The fourth-order valence-corrected chi connectivity index (χ4v) is 4.68. The summed E-state index contributed by atoms with van der Waals surface area (Å²) in [4.78, 5) is 2.79. The molecule has 1 heterocycles. The number of nitrogens with zero attached hydrogens (tertiary/aromatic N) is 1. The van der Waals surface area contributed by atoms with Gasteiger partial charge in [0.25, 0.3) is 0 Å². The molecule has 0 aromatic carbocycles. The number of hydrogen-bond acceptors (Lipinski definition) is 2. The molecule has 0 bridgehead atoms. The molecule has 2 unspecified atom stereocenters. The van der Waals surface area contributed by atoms with Gasteiger partial charge in [-0.15, -0.1) is 0 Å². The second-order valence-electron chi connectivity index (χ2n) is 8.17. The normalized spacial score (nSPS) is 34.6. The molecule has 2 fully saturated rings. The third-order valence-corrected chi connectivity index (χ3v) is 6.84. The zero-order valence-corrected chi connectivity index (χ0v) is 14.8. The highest BCUT2D eigenvalue weighted by atomic mass is 15.2. The van der Waals surface area contributed by atoms with E-state index in [4.69, 9.17) is 5.73 Å². The van der Waals surface area contributed by atoms with Crippen LogP contribution in [0.25, 0.3) is 0 Å². The Hall–Kier alpha value is -0.0800. The van der Waals surface area contributed by atoms with Crippen molar-refractivity contribution in [3.8, 4) is 0 Å². The Morgan fingerprint density at radius 2 is 1.76 bits per heavy atom.